The Hall–Kier alpha value is -1.45. The SMILES string of the molecule is CC(C)(O)C#CC#CC(N)=O. The molecule has 0 rings (SSSR count). The highest BCUT2D eigenvalue weighted by molar-refractivity contribution is 5.92. The highest BCUT2D eigenvalue weighted by atomic mass is 16.3. The van der Waals surface area contributed by atoms with Crippen molar-refractivity contribution in [2.24, 2.45) is 5.73 Å². The van der Waals surface area contributed by atoms with Gasteiger partial charge in [-0.3, -0.25) is 4.79 Å². The largest absolute Gasteiger partial charge is 0.378 e. The van der Waals surface area contributed by atoms with Gasteiger partial charge in [-0.1, -0.05) is 5.92 Å². The Morgan fingerprint density at radius 2 is 2.00 bits per heavy atom. The molecule has 0 aromatic carbocycles. The van der Waals surface area contributed by atoms with Gasteiger partial charge in [-0.2, -0.15) is 0 Å². The van der Waals surface area contributed by atoms with Crippen LogP contribution in [0, 0.1) is 23.7 Å². The zero-order chi connectivity index (χ0) is 8.91. The lowest BCUT2D eigenvalue weighted by Gasteiger charge is -2.04. The number of carbonyl (C=O) groups excluding carboxylic acids is 1. The Morgan fingerprint density at radius 1 is 1.45 bits per heavy atom. The number of primary amides is 1. The molecular weight excluding hydrogens is 142 g/mol. The molecule has 0 unspecified atom stereocenters. The van der Waals surface area contributed by atoms with E-state index in [0.29, 0.717) is 0 Å². The van der Waals surface area contributed by atoms with Gasteiger partial charge in [0.1, 0.15) is 5.60 Å². The van der Waals surface area contributed by atoms with Crippen molar-refractivity contribution in [2.45, 2.75) is 19.4 Å². The summed E-state index contributed by atoms with van der Waals surface area (Å²) in [6.45, 7) is 3.04. The summed E-state index contributed by atoms with van der Waals surface area (Å²) in [5.74, 6) is 8.19. The second kappa shape index (κ2) is 3.65. The van der Waals surface area contributed by atoms with Gasteiger partial charge in [-0.05, 0) is 25.7 Å². The molecule has 0 saturated heterocycles. The molecule has 0 radical (unpaired) electrons. The van der Waals surface area contributed by atoms with Gasteiger partial charge >= 0.3 is 0 Å². The smallest absolute Gasteiger partial charge is 0.294 e. The average Bonchev–Trinajstić information content (AvgIpc) is 1.78. The molecule has 0 aliphatic rings. The highest BCUT2D eigenvalue weighted by Gasteiger charge is 2.04. The monoisotopic (exact) mass is 151 g/mol. The summed E-state index contributed by atoms with van der Waals surface area (Å²) in [5.41, 5.74) is 3.62. The van der Waals surface area contributed by atoms with Crippen LogP contribution in [0.3, 0.4) is 0 Å². The van der Waals surface area contributed by atoms with Crippen molar-refractivity contribution < 1.29 is 9.90 Å². The van der Waals surface area contributed by atoms with E-state index in [0.717, 1.165) is 0 Å². The van der Waals surface area contributed by atoms with E-state index in [2.05, 4.69) is 17.8 Å². The van der Waals surface area contributed by atoms with Crippen LogP contribution in [0.2, 0.25) is 0 Å². The molecule has 0 aromatic heterocycles. The summed E-state index contributed by atoms with van der Waals surface area (Å²) >= 11 is 0. The van der Waals surface area contributed by atoms with Crippen LogP contribution in [0.4, 0.5) is 0 Å². The molecule has 1 amide bonds. The van der Waals surface area contributed by atoms with Crippen molar-refractivity contribution >= 4 is 5.91 Å². The Kier molecular flexibility index (Phi) is 3.17. The second-order valence-corrected chi connectivity index (χ2v) is 2.42. The van der Waals surface area contributed by atoms with Crippen molar-refractivity contribution in [1.29, 1.82) is 0 Å². The maximum atomic E-state index is 10.0. The average molecular weight is 151 g/mol. The topological polar surface area (TPSA) is 63.3 Å². The summed E-state index contributed by atoms with van der Waals surface area (Å²) in [6, 6.07) is 0. The van der Waals surface area contributed by atoms with E-state index in [4.69, 9.17) is 10.8 Å². The maximum Gasteiger partial charge on any atom is 0.294 e. The molecule has 0 aromatic rings. The summed E-state index contributed by atoms with van der Waals surface area (Å²) in [5, 5.41) is 9.03. The number of hydrogen-bond donors (Lipinski definition) is 2. The minimum atomic E-state index is -1.08. The number of rotatable bonds is 0. The summed E-state index contributed by atoms with van der Waals surface area (Å²) < 4.78 is 0. The van der Waals surface area contributed by atoms with E-state index in [9.17, 15) is 4.79 Å². The molecule has 0 aliphatic heterocycles. The fourth-order valence-electron chi connectivity index (χ4n) is 0.277. The van der Waals surface area contributed by atoms with Gasteiger partial charge in [0.05, 0.1) is 0 Å². The minimum absolute atomic E-state index is 0.727. The Balaban J connectivity index is 4.16. The van der Waals surface area contributed by atoms with Crippen LogP contribution < -0.4 is 5.73 Å². The van der Waals surface area contributed by atoms with Crippen LogP contribution >= 0.6 is 0 Å². The van der Waals surface area contributed by atoms with Crippen LogP contribution in [-0.4, -0.2) is 16.6 Å². The third-order valence-electron chi connectivity index (χ3n) is 0.617. The van der Waals surface area contributed by atoms with E-state index in [1.54, 1.807) is 0 Å². The lowest BCUT2D eigenvalue weighted by molar-refractivity contribution is -0.112. The first-order valence-electron chi connectivity index (χ1n) is 2.97. The first-order chi connectivity index (χ1) is 4.92. The molecule has 3 heteroatoms. The first-order valence-corrected chi connectivity index (χ1v) is 2.97. The Morgan fingerprint density at radius 3 is 2.36 bits per heavy atom. The molecule has 0 aliphatic carbocycles. The number of aliphatic hydroxyl groups is 1. The van der Waals surface area contributed by atoms with Crippen LogP contribution in [0.15, 0.2) is 0 Å². The molecule has 0 saturated carbocycles. The molecule has 0 spiro atoms. The maximum absolute atomic E-state index is 10.0. The molecule has 58 valence electrons. The van der Waals surface area contributed by atoms with Gasteiger partial charge < -0.3 is 10.8 Å². The molecule has 0 bridgehead atoms. The van der Waals surface area contributed by atoms with E-state index in [1.165, 1.54) is 13.8 Å². The normalized spacial score (nSPS) is 8.64. The number of nitrogens with two attached hydrogens (primary N) is 1. The van der Waals surface area contributed by atoms with Gasteiger partial charge in [0, 0.05) is 5.92 Å². The molecular formula is C8H9NO2. The Labute approximate surface area is 65.6 Å². The molecule has 11 heavy (non-hydrogen) atoms. The van der Waals surface area contributed by atoms with Crippen LogP contribution in [0.1, 0.15) is 13.8 Å². The molecule has 0 atom stereocenters. The predicted molar refractivity (Wildman–Crippen MR) is 41.0 cm³/mol. The van der Waals surface area contributed by atoms with Gasteiger partial charge in [-0.15, -0.1) is 0 Å². The van der Waals surface area contributed by atoms with Crippen molar-refractivity contribution in [3.05, 3.63) is 0 Å². The van der Waals surface area contributed by atoms with Gasteiger partial charge in [0.2, 0.25) is 0 Å². The first kappa shape index (κ1) is 9.55. The van der Waals surface area contributed by atoms with Crippen molar-refractivity contribution in [3.63, 3.8) is 0 Å². The third-order valence-corrected chi connectivity index (χ3v) is 0.617. The highest BCUT2D eigenvalue weighted by Crippen LogP contribution is 1.95. The molecule has 0 heterocycles. The van der Waals surface area contributed by atoms with E-state index in [-0.39, 0.29) is 0 Å². The fourth-order valence-corrected chi connectivity index (χ4v) is 0.277. The lowest BCUT2D eigenvalue weighted by atomic mass is 10.1. The van der Waals surface area contributed by atoms with Crippen LogP contribution in [0.5, 0.6) is 0 Å². The van der Waals surface area contributed by atoms with Crippen molar-refractivity contribution in [3.8, 4) is 23.7 Å². The quantitative estimate of drug-likeness (QED) is 0.447. The number of amides is 1. The standard InChI is InChI=1S/C8H9NO2/c1-8(2,11)6-4-3-5-7(9)10/h11H,1-2H3,(H2,9,10). The Bertz CT molecular complexity index is 264. The number of hydrogen-bond acceptors (Lipinski definition) is 2. The summed E-state index contributed by atoms with van der Waals surface area (Å²) in [6.07, 6.45) is 0. The van der Waals surface area contributed by atoms with E-state index in [1.807, 2.05) is 5.92 Å². The van der Waals surface area contributed by atoms with Gasteiger partial charge in [-0.25, -0.2) is 0 Å². The third kappa shape index (κ3) is 8.55. The molecule has 3 N–H and O–H groups in total. The zero-order valence-electron chi connectivity index (χ0n) is 6.43. The number of carbonyl (C=O) groups is 1. The van der Waals surface area contributed by atoms with Crippen molar-refractivity contribution in [1.82, 2.24) is 0 Å². The summed E-state index contributed by atoms with van der Waals surface area (Å²) in [4.78, 5) is 10.0. The second-order valence-electron chi connectivity index (χ2n) is 2.42. The lowest BCUT2D eigenvalue weighted by Crippen LogP contribution is -2.14. The van der Waals surface area contributed by atoms with E-state index >= 15 is 0 Å². The minimum Gasteiger partial charge on any atom is -0.378 e. The van der Waals surface area contributed by atoms with Crippen LogP contribution in [-0.2, 0) is 4.79 Å². The summed E-state index contributed by atoms with van der Waals surface area (Å²) in [7, 11) is 0. The predicted octanol–water partition coefficient (Wildman–Crippen LogP) is -0.751. The van der Waals surface area contributed by atoms with E-state index < -0.39 is 11.5 Å². The fraction of sp³-hybridized carbons (Fsp3) is 0.375. The van der Waals surface area contributed by atoms with Gasteiger partial charge in [0.15, 0.2) is 0 Å². The molecule has 3 nitrogen and oxygen atoms in total. The van der Waals surface area contributed by atoms with Crippen molar-refractivity contribution in [2.75, 3.05) is 0 Å². The van der Waals surface area contributed by atoms with Crippen LogP contribution in [0.25, 0.3) is 0 Å². The van der Waals surface area contributed by atoms with Gasteiger partial charge in [0.25, 0.3) is 5.91 Å². The zero-order valence-corrected chi connectivity index (χ0v) is 6.43. The molecule has 0 fully saturated rings.